The first-order chi connectivity index (χ1) is 11.2. The summed E-state index contributed by atoms with van der Waals surface area (Å²) in [5.74, 6) is -0.0896. The normalized spacial score (nSPS) is 18.7. The summed E-state index contributed by atoms with van der Waals surface area (Å²) in [5.41, 5.74) is 0.968. The van der Waals surface area contributed by atoms with Gasteiger partial charge in [-0.1, -0.05) is 37.3 Å². The van der Waals surface area contributed by atoms with E-state index in [0.29, 0.717) is 25.8 Å². The van der Waals surface area contributed by atoms with Gasteiger partial charge in [0.1, 0.15) is 6.04 Å². The molecule has 2 N–H and O–H groups in total. The maximum absolute atomic E-state index is 12.5. The Kier molecular flexibility index (Phi) is 6.59. The van der Waals surface area contributed by atoms with Gasteiger partial charge in [-0.2, -0.15) is 0 Å². The molecule has 0 radical (unpaired) electrons. The van der Waals surface area contributed by atoms with Gasteiger partial charge in [-0.05, 0) is 31.2 Å². The molecule has 0 aromatic heterocycles. The highest BCUT2D eigenvalue weighted by Crippen LogP contribution is 2.19. The number of carbonyl (C=O) groups excluding carboxylic acids is 2. The third kappa shape index (κ3) is 4.79. The van der Waals surface area contributed by atoms with Crippen molar-refractivity contribution in [2.45, 2.75) is 51.1 Å². The van der Waals surface area contributed by atoms with E-state index in [9.17, 15) is 9.59 Å². The van der Waals surface area contributed by atoms with Crippen molar-refractivity contribution in [3.8, 4) is 0 Å². The van der Waals surface area contributed by atoms with Crippen molar-refractivity contribution in [2.24, 2.45) is 0 Å². The molecule has 2 rings (SSSR count). The van der Waals surface area contributed by atoms with Gasteiger partial charge in [0.05, 0.1) is 6.42 Å². The van der Waals surface area contributed by atoms with Crippen LogP contribution in [-0.4, -0.2) is 47.1 Å². The lowest BCUT2D eigenvalue weighted by molar-refractivity contribution is -0.138. The SMILES string of the molecule is CCC(CCO)NC(=O)C1CCCN1C(=O)Cc1ccccc1. The molecular formula is C18H26N2O3. The van der Waals surface area contributed by atoms with Crippen LogP contribution in [0.3, 0.4) is 0 Å². The van der Waals surface area contributed by atoms with Crippen molar-refractivity contribution >= 4 is 11.8 Å². The fraction of sp³-hybridized carbons (Fsp3) is 0.556. The summed E-state index contributed by atoms with van der Waals surface area (Å²) >= 11 is 0. The molecule has 2 amide bonds. The Morgan fingerprint density at radius 1 is 1.35 bits per heavy atom. The van der Waals surface area contributed by atoms with Crippen LogP contribution in [0.15, 0.2) is 30.3 Å². The van der Waals surface area contributed by atoms with Crippen LogP contribution in [0, 0.1) is 0 Å². The van der Waals surface area contributed by atoms with Crippen LogP contribution < -0.4 is 5.32 Å². The average molecular weight is 318 g/mol. The molecule has 5 heteroatoms. The maximum Gasteiger partial charge on any atom is 0.243 e. The van der Waals surface area contributed by atoms with E-state index in [2.05, 4.69) is 5.32 Å². The van der Waals surface area contributed by atoms with E-state index < -0.39 is 0 Å². The van der Waals surface area contributed by atoms with E-state index in [0.717, 1.165) is 18.4 Å². The summed E-state index contributed by atoms with van der Waals surface area (Å²) in [5, 5.41) is 12.0. The first kappa shape index (κ1) is 17.5. The molecule has 1 aliphatic heterocycles. The molecule has 1 saturated heterocycles. The highest BCUT2D eigenvalue weighted by molar-refractivity contribution is 5.89. The maximum atomic E-state index is 12.5. The quantitative estimate of drug-likeness (QED) is 0.800. The van der Waals surface area contributed by atoms with E-state index in [4.69, 9.17) is 5.11 Å². The first-order valence-electron chi connectivity index (χ1n) is 8.40. The van der Waals surface area contributed by atoms with Crippen LogP contribution in [0.5, 0.6) is 0 Å². The number of nitrogens with one attached hydrogen (secondary N) is 1. The van der Waals surface area contributed by atoms with Crippen molar-refractivity contribution < 1.29 is 14.7 Å². The van der Waals surface area contributed by atoms with Crippen molar-refractivity contribution in [2.75, 3.05) is 13.2 Å². The number of rotatable bonds is 7. The molecule has 23 heavy (non-hydrogen) atoms. The van der Waals surface area contributed by atoms with Crippen molar-refractivity contribution in [1.29, 1.82) is 0 Å². The summed E-state index contributed by atoms with van der Waals surface area (Å²) in [7, 11) is 0. The van der Waals surface area contributed by atoms with Gasteiger partial charge in [0.15, 0.2) is 0 Å². The number of benzene rings is 1. The topological polar surface area (TPSA) is 69.6 Å². The third-order valence-electron chi connectivity index (χ3n) is 4.39. The fourth-order valence-electron chi connectivity index (χ4n) is 3.04. The summed E-state index contributed by atoms with van der Waals surface area (Å²) < 4.78 is 0. The van der Waals surface area contributed by atoms with E-state index in [1.54, 1.807) is 4.90 Å². The molecule has 1 aliphatic rings. The number of hydrogen-bond acceptors (Lipinski definition) is 3. The Morgan fingerprint density at radius 3 is 2.74 bits per heavy atom. The minimum absolute atomic E-state index is 0.00376. The Bertz CT molecular complexity index is 518. The molecule has 0 bridgehead atoms. The monoisotopic (exact) mass is 318 g/mol. The smallest absolute Gasteiger partial charge is 0.243 e. The highest BCUT2D eigenvalue weighted by atomic mass is 16.3. The molecule has 0 aliphatic carbocycles. The Labute approximate surface area is 137 Å². The number of hydrogen-bond donors (Lipinski definition) is 2. The summed E-state index contributed by atoms with van der Waals surface area (Å²) in [6, 6.07) is 9.20. The Balaban J connectivity index is 1.96. The van der Waals surface area contributed by atoms with Gasteiger partial charge >= 0.3 is 0 Å². The van der Waals surface area contributed by atoms with Crippen LogP contribution in [0.25, 0.3) is 0 Å². The second kappa shape index (κ2) is 8.67. The van der Waals surface area contributed by atoms with Crippen LogP contribution in [0.2, 0.25) is 0 Å². The van der Waals surface area contributed by atoms with Gasteiger partial charge in [0, 0.05) is 19.2 Å². The minimum atomic E-state index is -0.376. The first-order valence-corrected chi connectivity index (χ1v) is 8.40. The van der Waals surface area contributed by atoms with Crippen LogP contribution in [0.1, 0.15) is 38.2 Å². The summed E-state index contributed by atoms with van der Waals surface area (Å²) in [4.78, 5) is 26.7. The van der Waals surface area contributed by atoms with Crippen molar-refractivity contribution in [3.63, 3.8) is 0 Å². The van der Waals surface area contributed by atoms with Crippen LogP contribution in [-0.2, 0) is 16.0 Å². The average Bonchev–Trinajstić information content (AvgIpc) is 3.05. The highest BCUT2D eigenvalue weighted by Gasteiger charge is 2.34. The zero-order valence-electron chi connectivity index (χ0n) is 13.7. The lowest BCUT2D eigenvalue weighted by Crippen LogP contribution is -2.49. The molecule has 0 spiro atoms. The molecule has 2 atom stereocenters. The van der Waals surface area contributed by atoms with Crippen molar-refractivity contribution in [3.05, 3.63) is 35.9 Å². The zero-order chi connectivity index (χ0) is 16.7. The molecule has 0 saturated carbocycles. The lowest BCUT2D eigenvalue weighted by atomic mass is 10.1. The second-order valence-corrected chi connectivity index (χ2v) is 6.03. The van der Waals surface area contributed by atoms with E-state index >= 15 is 0 Å². The van der Waals surface area contributed by atoms with Gasteiger partial charge in [-0.15, -0.1) is 0 Å². The molecular weight excluding hydrogens is 292 g/mol. The number of carbonyl (C=O) groups is 2. The van der Waals surface area contributed by atoms with Gasteiger partial charge in [-0.3, -0.25) is 9.59 Å². The van der Waals surface area contributed by atoms with Gasteiger partial charge in [-0.25, -0.2) is 0 Å². The van der Waals surface area contributed by atoms with Crippen LogP contribution >= 0.6 is 0 Å². The predicted molar refractivity (Wildman–Crippen MR) is 88.8 cm³/mol. The van der Waals surface area contributed by atoms with Crippen molar-refractivity contribution in [1.82, 2.24) is 10.2 Å². The molecule has 1 aromatic carbocycles. The second-order valence-electron chi connectivity index (χ2n) is 6.03. The number of likely N-dealkylation sites (tertiary alicyclic amines) is 1. The van der Waals surface area contributed by atoms with Crippen LogP contribution in [0.4, 0.5) is 0 Å². The van der Waals surface area contributed by atoms with Gasteiger partial charge in [0.25, 0.3) is 0 Å². The summed E-state index contributed by atoms with van der Waals surface area (Å²) in [6.45, 7) is 2.67. The van der Waals surface area contributed by atoms with Gasteiger partial charge in [0.2, 0.25) is 11.8 Å². The summed E-state index contributed by atoms with van der Waals surface area (Å²) in [6.07, 6.45) is 3.22. The Hall–Kier alpha value is -1.88. The van der Waals surface area contributed by atoms with E-state index in [1.165, 1.54) is 0 Å². The molecule has 1 heterocycles. The molecule has 126 valence electrons. The van der Waals surface area contributed by atoms with E-state index in [1.807, 2.05) is 37.3 Å². The standard InChI is InChI=1S/C18H26N2O3/c1-2-15(10-12-21)19-18(23)16-9-6-11-20(16)17(22)13-14-7-4-3-5-8-14/h3-5,7-8,15-16,21H,2,6,9-13H2,1H3,(H,19,23). The fourth-order valence-corrected chi connectivity index (χ4v) is 3.04. The van der Waals surface area contributed by atoms with E-state index in [-0.39, 0.29) is 30.5 Å². The largest absolute Gasteiger partial charge is 0.396 e. The Morgan fingerprint density at radius 2 is 2.09 bits per heavy atom. The molecule has 2 unspecified atom stereocenters. The number of aliphatic hydroxyl groups excluding tert-OH is 1. The molecule has 1 aromatic rings. The lowest BCUT2D eigenvalue weighted by Gasteiger charge is -2.26. The molecule has 1 fully saturated rings. The third-order valence-corrected chi connectivity index (χ3v) is 4.39. The van der Waals surface area contributed by atoms with Gasteiger partial charge < -0.3 is 15.3 Å². The number of nitrogens with zero attached hydrogens (tertiary/aromatic N) is 1. The number of amides is 2. The zero-order valence-corrected chi connectivity index (χ0v) is 13.7. The molecule has 5 nitrogen and oxygen atoms in total. The predicted octanol–water partition coefficient (Wildman–Crippen LogP) is 1.50. The minimum Gasteiger partial charge on any atom is -0.396 e. The number of aliphatic hydroxyl groups is 1.